The first-order valence-corrected chi connectivity index (χ1v) is 9.16. The SMILES string of the molecule is CC[N+](CC)(CC)CCOC1C2CC3CC(C2)CC1C3.[I-]. The maximum atomic E-state index is 6.46. The molecule has 0 aromatic heterocycles. The van der Waals surface area contributed by atoms with Crippen LogP contribution in [0.3, 0.4) is 0 Å². The summed E-state index contributed by atoms with van der Waals surface area (Å²) in [6.07, 6.45) is 8.08. The average Bonchev–Trinajstić information content (AvgIpc) is 2.46. The molecule has 0 unspecified atom stereocenters. The summed E-state index contributed by atoms with van der Waals surface area (Å²) in [6.45, 7) is 12.9. The number of ether oxygens (including phenoxy) is 1. The topological polar surface area (TPSA) is 9.23 Å². The summed E-state index contributed by atoms with van der Waals surface area (Å²) in [4.78, 5) is 0. The Labute approximate surface area is 148 Å². The summed E-state index contributed by atoms with van der Waals surface area (Å²) in [7, 11) is 0. The van der Waals surface area contributed by atoms with Crippen LogP contribution >= 0.6 is 0 Å². The molecule has 0 heterocycles. The second-order valence-corrected chi connectivity index (χ2v) is 7.78. The number of likely N-dealkylation sites (N-methyl/N-ethyl adjacent to an activating group) is 1. The van der Waals surface area contributed by atoms with Gasteiger partial charge in [0.2, 0.25) is 0 Å². The van der Waals surface area contributed by atoms with Gasteiger partial charge in [-0.3, -0.25) is 0 Å². The van der Waals surface area contributed by atoms with Gasteiger partial charge in [0.1, 0.15) is 6.54 Å². The van der Waals surface area contributed by atoms with Crippen LogP contribution in [0.1, 0.15) is 52.9 Å². The molecule has 4 fully saturated rings. The Balaban J connectivity index is 0.00000161. The van der Waals surface area contributed by atoms with Gasteiger partial charge < -0.3 is 33.2 Å². The van der Waals surface area contributed by atoms with E-state index < -0.39 is 0 Å². The Bertz CT molecular complexity index is 293. The van der Waals surface area contributed by atoms with E-state index in [-0.39, 0.29) is 24.0 Å². The first-order valence-electron chi connectivity index (χ1n) is 9.16. The lowest BCUT2D eigenvalue weighted by Crippen LogP contribution is -3.00. The van der Waals surface area contributed by atoms with Gasteiger partial charge in [-0.05, 0) is 76.5 Å². The largest absolute Gasteiger partial charge is 1.00 e. The smallest absolute Gasteiger partial charge is 0.102 e. The summed E-state index contributed by atoms with van der Waals surface area (Å²) in [5, 5.41) is 0. The molecule has 0 aromatic rings. The molecule has 0 spiro atoms. The molecule has 4 saturated carbocycles. The molecule has 0 saturated heterocycles. The molecule has 0 aromatic carbocycles. The number of halogens is 1. The highest BCUT2D eigenvalue weighted by Gasteiger charge is 2.48. The van der Waals surface area contributed by atoms with Crippen molar-refractivity contribution in [1.29, 1.82) is 0 Å². The predicted octanol–water partition coefficient (Wildman–Crippen LogP) is 0.708. The van der Waals surface area contributed by atoms with Crippen molar-refractivity contribution in [2.45, 2.75) is 59.0 Å². The van der Waals surface area contributed by atoms with Crippen molar-refractivity contribution in [3.05, 3.63) is 0 Å². The summed E-state index contributed by atoms with van der Waals surface area (Å²) in [5.74, 6) is 3.96. The van der Waals surface area contributed by atoms with Crippen LogP contribution in [-0.2, 0) is 4.74 Å². The molecule has 124 valence electrons. The molecule has 4 bridgehead atoms. The molecule has 4 aliphatic rings. The third-order valence-corrected chi connectivity index (χ3v) is 7.03. The van der Waals surface area contributed by atoms with Crippen LogP contribution in [-0.4, -0.2) is 43.4 Å². The van der Waals surface area contributed by atoms with Crippen molar-refractivity contribution < 1.29 is 33.2 Å². The molecule has 0 aliphatic heterocycles. The minimum absolute atomic E-state index is 0. The quantitative estimate of drug-likeness (QED) is 0.446. The molecule has 0 atom stereocenters. The fourth-order valence-electron chi connectivity index (χ4n) is 5.67. The summed E-state index contributed by atoms with van der Waals surface area (Å²) < 4.78 is 7.69. The van der Waals surface area contributed by atoms with E-state index in [1.165, 1.54) is 56.3 Å². The van der Waals surface area contributed by atoms with Gasteiger partial charge in [-0.25, -0.2) is 0 Å². The van der Waals surface area contributed by atoms with Gasteiger partial charge in [-0.1, -0.05) is 0 Å². The average molecular weight is 407 g/mol. The fraction of sp³-hybridized carbons (Fsp3) is 1.00. The molecule has 0 N–H and O–H groups in total. The maximum absolute atomic E-state index is 6.46. The van der Waals surface area contributed by atoms with Crippen molar-refractivity contribution in [3.63, 3.8) is 0 Å². The molecule has 4 rings (SSSR count). The van der Waals surface area contributed by atoms with Crippen molar-refractivity contribution >= 4 is 0 Å². The van der Waals surface area contributed by atoms with Crippen LogP contribution in [0, 0.1) is 23.7 Å². The number of nitrogens with zero attached hydrogens (tertiary/aromatic N) is 1. The van der Waals surface area contributed by atoms with E-state index in [0.717, 1.165) is 30.3 Å². The molecule has 21 heavy (non-hydrogen) atoms. The first kappa shape index (κ1) is 18.0. The van der Waals surface area contributed by atoms with Gasteiger partial charge >= 0.3 is 0 Å². The van der Waals surface area contributed by atoms with Gasteiger partial charge in [0.25, 0.3) is 0 Å². The van der Waals surface area contributed by atoms with Gasteiger partial charge in [0, 0.05) is 0 Å². The summed E-state index contributed by atoms with van der Waals surface area (Å²) in [6, 6.07) is 0. The van der Waals surface area contributed by atoms with E-state index in [0.29, 0.717) is 6.10 Å². The zero-order chi connectivity index (χ0) is 14.2. The minimum Gasteiger partial charge on any atom is -1.00 e. The number of hydrogen-bond donors (Lipinski definition) is 0. The molecule has 0 amide bonds. The number of hydrogen-bond acceptors (Lipinski definition) is 1. The Morgan fingerprint density at radius 1 is 0.810 bits per heavy atom. The third kappa shape index (κ3) is 3.60. The lowest BCUT2D eigenvalue weighted by molar-refractivity contribution is -0.923. The van der Waals surface area contributed by atoms with E-state index in [2.05, 4.69) is 20.8 Å². The van der Waals surface area contributed by atoms with Crippen LogP contribution < -0.4 is 24.0 Å². The highest BCUT2D eigenvalue weighted by Crippen LogP contribution is 2.54. The lowest BCUT2D eigenvalue weighted by atomic mass is 9.55. The van der Waals surface area contributed by atoms with Crippen LogP contribution in [0.25, 0.3) is 0 Å². The van der Waals surface area contributed by atoms with Gasteiger partial charge in [-0.2, -0.15) is 0 Å². The molecule has 0 radical (unpaired) electrons. The maximum Gasteiger partial charge on any atom is 0.102 e. The van der Waals surface area contributed by atoms with E-state index in [1.54, 1.807) is 6.42 Å². The molecular weight excluding hydrogens is 373 g/mol. The van der Waals surface area contributed by atoms with Gasteiger partial charge in [0.05, 0.1) is 32.3 Å². The van der Waals surface area contributed by atoms with Crippen molar-refractivity contribution in [2.24, 2.45) is 23.7 Å². The Hall–Kier alpha value is 0.650. The van der Waals surface area contributed by atoms with Crippen LogP contribution in [0.2, 0.25) is 0 Å². The third-order valence-electron chi connectivity index (χ3n) is 7.03. The molecule has 3 heteroatoms. The van der Waals surface area contributed by atoms with Crippen molar-refractivity contribution in [2.75, 3.05) is 32.8 Å². The summed E-state index contributed by atoms with van der Waals surface area (Å²) in [5.41, 5.74) is 0. The lowest BCUT2D eigenvalue weighted by Gasteiger charge is -2.54. The zero-order valence-electron chi connectivity index (χ0n) is 14.2. The summed E-state index contributed by atoms with van der Waals surface area (Å²) >= 11 is 0. The first-order chi connectivity index (χ1) is 9.69. The van der Waals surface area contributed by atoms with Crippen molar-refractivity contribution in [3.8, 4) is 0 Å². The molecular formula is C18H34INO. The van der Waals surface area contributed by atoms with Gasteiger partial charge in [0.15, 0.2) is 0 Å². The molecule has 4 aliphatic carbocycles. The monoisotopic (exact) mass is 407 g/mol. The second kappa shape index (κ2) is 7.48. The van der Waals surface area contributed by atoms with Crippen LogP contribution in [0.4, 0.5) is 0 Å². The standard InChI is InChI=1S/C18H34NO.HI/c1-4-19(5-2,6-3)7-8-20-18-16-10-14-9-15(12-16)13-17(18)11-14;/h14-18H,4-13H2,1-3H3;1H/q+1;/p-1. The van der Waals surface area contributed by atoms with E-state index in [9.17, 15) is 0 Å². The second-order valence-electron chi connectivity index (χ2n) is 7.78. The highest BCUT2D eigenvalue weighted by molar-refractivity contribution is 4.98. The van der Waals surface area contributed by atoms with Crippen LogP contribution in [0.5, 0.6) is 0 Å². The zero-order valence-corrected chi connectivity index (χ0v) is 16.3. The normalized spacial score (nSPS) is 37.6. The minimum atomic E-state index is 0. The van der Waals surface area contributed by atoms with E-state index in [1.807, 2.05) is 0 Å². The van der Waals surface area contributed by atoms with Crippen LogP contribution in [0.15, 0.2) is 0 Å². The number of rotatable bonds is 7. The highest BCUT2D eigenvalue weighted by atomic mass is 127. The Morgan fingerprint density at radius 3 is 1.71 bits per heavy atom. The predicted molar refractivity (Wildman–Crippen MR) is 83.5 cm³/mol. The fourth-order valence-corrected chi connectivity index (χ4v) is 5.67. The Kier molecular flexibility index (Phi) is 6.41. The van der Waals surface area contributed by atoms with Crippen molar-refractivity contribution in [1.82, 2.24) is 0 Å². The Morgan fingerprint density at radius 2 is 1.29 bits per heavy atom. The van der Waals surface area contributed by atoms with Gasteiger partial charge in [-0.15, -0.1) is 0 Å². The van der Waals surface area contributed by atoms with E-state index in [4.69, 9.17) is 4.74 Å². The number of quaternary nitrogens is 1. The molecule has 2 nitrogen and oxygen atoms in total. The van der Waals surface area contributed by atoms with E-state index >= 15 is 0 Å².